The van der Waals surface area contributed by atoms with Crippen LogP contribution in [0.25, 0.3) is 0 Å². The summed E-state index contributed by atoms with van der Waals surface area (Å²) in [4.78, 5) is 13.6. The molecule has 0 saturated carbocycles. The molecule has 0 bridgehead atoms. The first kappa shape index (κ1) is 12.5. The van der Waals surface area contributed by atoms with Crippen LogP contribution < -0.4 is 11.1 Å². The van der Waals surface area contributed by atoms with E-state index in [1.54, 1.807) is 0 Å². The maximum atomic E-state index is 11.5. The minimum atomic E-state index is 0.123. The molecule has 15 heavy (non-hydrogen) atoms. The fourth-order valence-electron chi connectivity index (χ4n) is 2.17. The summed E-state index contributed by atoms with van der Waals surface area (Å²) >= 11 is 0. The lowest BCUT2D eigenvalue weighted by Gasteiger charge is -2.34. The average molecular weight is 213 g/mol. The van der Waals surface area contributed by atoms with Gasteiger partial charge in [0.1, 0.15) is 0 Å². The van der Waals surface area contributed by atoms with E-state index in [4.69, 9.17) is 5.73 Å². The third kappa shape index (κ3) is 4.62. The summed E-state index contributed by atoms with van der Waals surface area (Å²) in [5.41, 5.74) is 5.92. The molecule has 0 radical (unpaired) electrons. The molecule has 2 atom stereocenters. The maximum absolute atomic E-state index is 11.5. The van der Waals surface area contributed by atoms with Gasteiger partial charge in [0.05, 0.1) is 6.54 Å². The average Bonchev–Trinajstić information content (AvgIpc) is 2.13. The molecule has 88 valence electrons. The molecule has 0 aliphatic carbocycles. The normalized spacial score (nSPS) is 27.7. The molecule has 1 aliphatic heterocycles. The Bertz CT molecular complexity index is 198. The molecule has 4 nitrogen and oxygen atoms in total. The van der Waals surface area contributed by atoms with Crippen molar-refractivity contribution in [3.05, 3.63) is 0 Å². The van der Waals surface area contributed by atoms with Crippen LogP contribution in [0.3, 0.4) is 0 Å². The van der Waals surface area contributed by atoms with Crippen LogP contribution >= 0.6 is 0 Å². The zero-order valence-corrected chi connectivity index (χ0v) is 9.83. The molecule has 1 aliphatic rings. The van der Waals surface area contributed by atoms with Crippen molar-refractivity contribution >= 4 is 5.91 Å². The summed E-state index contributed by atoms with van der Waals surface area (Å²) in [5, 5.41) is 2.89. The quantitative estimate of drug-likeness (QED) is 0.700. The highest BCUT2D eigenvalue weighted by Crippen LogP contribution is 2.14. The number of carbonyl (C=O) groups excluding carboxylic acids is 1. The predicted octanol–water partition coefficient (Wildman–Crippen LogP) is 0.182. The van der Waals surface area contributed by atoms with Crippen molar-refractivity contribution in [1.29, 1.82) is 0 Å². The van der Waals surface area contributed by atoms with E-state index in [0.29, 0.717) is 12.5 Å². The van der Waals surface area contributed by atoms with Crippen LogP contribution in [0.1, 0.15) is 26.7 Å². The molecule has 1 fully saturated rings. The molecule has 2 unspecified atom stereocenters. The number of nitrogens with two attached hydrogens (primary N) is 1. The lowest BCUT2D eigenvalue weighted by atomic mass is 9.97. The maximum Gasteiger partial charge on any atom is 0.234 e. The van der Waals surface area contributed by atoms with Gasteiger partial charge >= 0.3 is 0 Å². The Morgan fingerprint density at radius 2 is 2.27 bits per heavy atom. The second-order valence-electron chi connectivity index (χ2n) is 4.64. The number of hydrogen-bond acceptors (Lipinski definition) is 3. The monoisotopic (exact) mass is 213 g/mol. The summed E-state index contributed by atoms with van der Waals surface area (Å²) in [6, 6.07) is 0.229. The van der Waals surface area contributed by atoms with Crippen molar-refractivity contribution in [2.75, 3.05) is 26.2 Å². The van der Waals surface area contributed by atoms with Gasteiger partial charge in [-0.2, -0.15) is 0 Å². The van der Waals surface area contributed by atoms with E-state index in [-0.39, 0.29) is 11.9 Å². The second-order valence-corrected chi connectivity index (χ2v) is 4.64. The number of piperidine rings is 1. The number of rotatable bonds is 4. The van der Waals surface area contributed by atoms with E-state index >= 15 is 0 Å². The molecule has 0 aromatic carbocycles. The molecule has 1 heterocycles. The highest BCUT2D eigenvalue weighted by molar-refractivity contribution is 5.77. The summed E-state index contributed by atoms with van der Waals surface area (Å²) in [5.74, 6) is 0.728. The van der Waals surface area contributed by atoms with Crippen molar-refractivity contribution in [2.45, 2.75) is 32.7 Å². The Morgan fingerprint density at radius 1 is 1.53 bits per heavy atom. The first-order valence-corrected chi connectivity index (χ1v) is 5.86. The van der Waals surface area contributed by atoms with Crippen LogP contribution in [0, 0.1) is 5.92 Å². The number of hydrogen-bond donors (Lipinski definition) is 2. The van der Waals surface area contributed by atoms with Crippen LogP contribution in [-0.2, 0) is 4.79 Å². The molecule has 4 heteroatoms. The van der Waals surface area contributed by atoms with Crippen molar-refractivity contribution in [1.82, 2.24) is 10.2 Å². The van der Waals surface area contributed by atoms with Crippen LogP contribution in [0.2, 0.25) is 0 Å². The van der Waals surface area contributed by atoms with Gasteiger partial charge in [-0.15, -0.1) is 0 Å². The van der Waals surface area contributed by atoms with Gasteiger partial charge in [0.2, 0.25) is 5.91 Å². The van der Waals surface area contributed by atoms with E-state index in [0.717, 1.165) is 32.5 Å². The van der Waals surface area contributed by atoms with E-state index in [1.165, 1.54) is 0 Å². The second kappa shape index (κ2) is 6.08. The summed E-state index contributed by atoms with van der Waals surface area (Å²) in [7, 11) is 0. The van der Waals surface area contributed by atoms with Crippen LogP contribution in [0.15, 0.2) is 0 Å². The first-order valence-electron chi connectivity index (χ1n) is 5.86. The summed E-state index contributed by atoms with van der Waals surface area (Å²) < 4.78 is 0. The van der Waals surface area contributed by atoms with Gasteiger partial charge in [0.15, 0.2) is 0 Å². The number of nitrogens with zero attached hydrogens (tertiary/aromatic N) is 1. The molecule has 0 spiro atoms. The summed E-state index contributed by atoms with van der Waals surface area (Å²) in [6.07, 6.45) is 2.06. The lowest BCUT2D eigenvalue weighted by molar-refractivity contribution is -0.122. The molecule has 1 saturated heterocycles. The number of nitrogens with one attached hydrogen (secondary N) is 1. The van der Waals surface area contributed by atoms with Crippen LogP contribution in [0.5, 0.6) is 0 Å². The number of likely N-dealkylation sites (tertiary alicyclic amines) is 1. The molecule has 0 aromatic heterocycles. The zero-order chi connectivity index (χ0) is 11.3. The van der Waals surface area contributed by atoms with Crippen molar-refractivity contribution in [3.8, 4) is 0 Å². The molecular weight excluding hydrogens is 190 g/mol. The van der Waals surface area contributed by atoms with E-state index in [1.807, 2.05) is 0 Å². The lowest BCUT2D eigenvalue weighted by Crippen LogP contribution is -2.49. The molecule has 0 aromatic rings. The van der Waals surface area contributed by atoms with Gasteiger partial charge in [-0.25, -0.2) is 0 Å². The Morgan fingerprint density at radius 3 is 2.87 bits per heavy atom. The van der Waals surface area contributed by atoms with Crippen LogP contribution in [0.4, 0.5) is 0 Å². The Kier molecular flexibility index (Phi) is 5.05. The van der Waals surface area contributed by atoms with Gasteiger partial charge in [-0.3, -0.25) is 9.69 Å². The van der Waals surface area contributed by atoms with Gasteiger partial charge < -0.3 is 11.1 Å². The molecular formula is C11H23N3O. The Balaban J connectivity index is 2.27. The van der Waals surface area contributed by atoms with E-state index in [9.17, 15) is 4.79 Å². The highest BCUT2D eigenvalue weighted by atomic mass is 16.2. The Labute approximate surface area is 92.2 Å². The third-order valence-electron chi connectivity index (χ3n) is 2.71. The fourth-order valence-corrected chi connectivity index (χ4v) is 2.17. The van der Waals surface area contributed by atoms with Crippen molar-refractivity contribution < 1.29 is 4.79 Å². The fraction of sp³-hybridized carbons (Fsp3) is 0.909. The van der Waals surface area contributed by atoms with Gasteiger partial charge in [0, 0.05) is 25.7 Å². The zero-order valence-electron chi connectivity index (χ0n) is 9.83. The SMILES string of the molecule is CCCNC(=O)CN1CC(C)CC(N)C1. The van der Waals surface area contributed by atoms with E-state index < -0.39 is 0 Å². The summed E-state index contributed by atoms with van der Waals surface area (Å²) in [6.45, 7) is 7.36. The molecule has 3 N–H and O–H groups in total. The first-order chi connectivity index (χ1) is 7.11. The Hall–Kier alpha value is -0.610. The molecule has 1 rings (SSSR count). The standard InChI is InChI=1S/C11H23N3O/c1-3-4-13-11(15)8-14-6-9(2)5-10(12)7-14/h9-10H,3-8,12H2,1-2H3,(H,13,15). The van der Waals surface area contributed by atoms with E-state index in [2.05, 4.69) is 24.1 Å². The largest absolute Gasteiger partial charge is 0.355 e. The van der Waals surface area contributed by atoms with Gasteiger partial charge in [-0.1, -0.05) is 13.8 Å². The van der Waals surface area contributed by atoms with Crippen molar-refractivity contribution in [3.63, 3.8) is 0 Å². The highest BCUT2D eigenvalue weighted by Gasteiger charge is 2.23. The van der Waals surface area contributed by atoms with Crippen LogP contribution in [-0.4, -0.2) is 43.0 Å². The topological polar surface area (TPSA) is 58.4 Å². The molecule has 1 amide bonds. The predicted molar refractivity (Wildman–Crippen MR) is 61.5 cm³/mol. The third-order valence-corrected chi connectivity index (χ3v) is 2.71. The van der Waals surface area contributed by atoms with Gasteiger partial charge in [-0.05, 0) is 18.8 Å². The number of amides is 1. The number of carbonyl (C=O) groups is 1. The van der Waals surface area contributed by atoms with Gasteiger partial charge in [0.25, 0.3) is 0 Å². The minimum absolute atomic E-state index is 0.123. The van der Waals surface area contributed by atoms with Crippen molar-refractivity contribution in [2.24, 2.45) is 11.7 Å². The minimum Gasteiger partial charge on any atom is -0.355 e. The smallest absolute Gasteiger partial charge is 0.234 e.